The van der Waals surface area contributed by atoms with Crippen LogP contribution in [-0.4, -0.2) is 47.7 Å². The Morgan fingerprint density at radius 2 is 1.78 bits per heavy atom. The van der Waals surface area contributed by atoms with Crippen LogP contribution < -0.4 is 0 Å². The zero-order valence-corrected chi connectivity index (χ0v) is 15.8. The molecule has 3 fully saturated rings. The molecule has 5 heteroatoms. The summed E-state index contributed by atoms with van der Waals surface area (Å²) in [5, 5.41) is 9.35. The van der Waals surface area contributed by atoms with Gasteiger partial charge in [0.05, 0.1) is 12.0 Å². The van der Waals surface area contributed by atoms with Crippen molar-refractivity contribution in [3.63, 3.8) is 0 Å². The number of likely N-dealkylation sites (tertiary alicyclic amines) is 1. The summed E-state index contributed by atoms with van der Waals surface area (Å²) in [6.45, 7) is 2.03. The molecule has 2 atom stereocenters. The van der Waals surface area contributed by atoms with Crippen molar-refractivity contribution in [3.8, 4) is 0 Å². The lowest BCUT2D eigenvalue weighted by Crippen LogP contribution is -2.44. The Balaban J connectivity index is 1.21. The number of rotatable bonds is 5. The van der Waals surface area contributed by atoms with Crippen LogP contribution >= 0.6 is 0 Å². The van der Waals surface area contributed by atoms with Crippen LogP contribution in [0, 0.1) is 17.8 Å². The molecular weight excluding hydrogens is 342 g/mol. The van der Waals surface area contributed by atoms with E-state index in [9.17, 15) is 14.7 Å². The van der Waals surface area contributed by atoms with Gasteiger partial charge >= 0.3 is 5.97 Å². The number of carboxylic acid groups (broad SMARTS) is 1. The molecule has 4 rings (SSSR count). The number of ether oxygens (including phenoxy) is 1. The maximum absolute atomic E-state index is 12.6. The standard InChI is InChI=1S/C22H29NO4/c24-20(14-15-12-18(13-15)16-4-2-1-3-5-16)23-9-6-17(7-10-23)21-19(22(25)26)8-11-27-21/h1-5,15,17-19,21H,6-14H2,(H,25,26)/t15?,18?,19?,21-/m0/s1. The van der Waals surface area contributed by atoms with E-state index in [1.54, 1.807) is 0 Å². The minimum Gasteiger partial charge on any atom is -0.481 e. The molecule has 1 amide bonds. The monoisotopic (exact) mass is 371 g/mol. The minimum absolute atomic E-state index is 0.169. The van der Waals surface area contributed by atoms with Gasteiger partial charge in [0.25, 0.3) is 0 Å². The second-order valence-corrected chi connectivity index (χ2v) is 8.44. The summed E-state index contributed by atoms with van der Waals surface area (Å²) in [6, 6.07) is 10.6. The molecule has 0 bridgehead atoms. The lowest BCUT2D eigenvalue weighted by atomic mass is 9.70. The van der Waals surface area contributed by atoms with Crippen LogP contribution in [0.5, 0.6) is 0 Å². The van der Waals surface area contributed by atoms with Gasteiger partial charge in [0.1, 0.15) is 0 Å². The SMILES string of the molecule is O=C(O)C1CCO[C@H]1C1CCN(C(=O)CC2CC(c3ccccc3)C2)CC1. The molecule has 1 aromatic rings. The van der Waals surface area contributed by atoms with Crippen molar-refractivity contribution in [1.29, 1.82) is 0 Å². The van der Waals surface area contributed by atoms with Gasteiger partial charge in [-0.3, -0.25) is 9.59 Å². The highest BCUT2D eigenvalue weighted by atomic mass is 16.5. The van der Waals surface area contributed by atoms with Crippen LogP contribution in [0.25, 0.3) is 0 Å². The van der Waals surface area contributed by atoms with Crippen LogP contribution in [0.1, 0.15) is 50.0 Å². The number of benzene rings is 1. The Morgan fingerprint density at radius 1 is 1.07 bits per heavy atom. The van der Waals surface area contributed by atoms with Crippen molar-refractivity contribution in [2.45, 2.75) is 50.5 Å². The Bertz CT molecular complexity index is 662. The number of carboxylic acids is 1. The molecule has 1 N–H and O–H groups in total. The topological polar surface area (TPSA) is 66.8 Å². The van der Waals surface area contributed by atoms with E-state index in [4.69, 9.17) is 4.74 Å². The average molecular weight is 371 g/mol. The quantitative estimate of drug-likeness (QED) is 0.862. The molecule has 2 aliphatic heterocycles. The third-order valence-corrected chi connectivity index (χ3v) is 6.78. The summed E-state index contributed by atoms with van der Waals surface area (Å²) < 4.78 is 5.72. The van der Waals surface area contributed by atoms with Crippen LogP contribution in [0.15, 0.2) is 30.3 Å². The van der Waals surface area contributed by atoms with Crippen molar-refractivity contribution in [2.75, 3.05) is 19.7 Å². The van der Waals surface area contributed by atoms with Crippen LogP contribution in [0.2, 0.25) is 0 Å². The summed E-state index contributed by atoms with van der Waals surface area (Å²) in [6.07, 6.45) is 5.05. The van der Waals surface area contributed by atoms with Gasteiger partial charge in [-0.05, 0) is 55.4 Å². The minimum atomic E-state index is -0.742. The third kappa shape index (κ3) is 4.03. The van der Waals surface area contributed by atoms with Crippen LogP contribution in [0.4, 0.5) is 0 Å². The molecule has 0 radical (unpaired) electrons. The number of carbonyl (C=O) groups is 2. The smallest absolute Gasteiger partial charge is 0.309 e. The van der Waals surface area contributed by atoms with E-state index in [2.05, 4.69) is 24.3 Å². The molecule has 27 heavy (non-hydrogen) atoms. The van der Waals surface area contributed by atoms with Gasteiger partial charge in [-0.15, -0.1) is 0 Å². The first-order valence-corrected chi connectivity index (χ1v) is 10.3. The van der Waals surface area contributed by atoms with Crippen molar-refractivity contribution >= 4 is 11.9 Å². The van der Waals surface area contributed by atoms with E-state index in [0.717, 1.165) is 38.8 Å². The highest BCUT2D eigenvalue weighted by molar-refractivity contribution is 5.76. The normalized spacial score (nSPS) is 31.5. The zero-order chi connectivity index (χ0) is 18.8. The van der Waals surface area contributed by atoms with Crippen molar-refractivity contribution < 1.29 is 19.4 Å². The molecule has 2 heterocycles. The first kappa shape index (κ1) is 18.5. The Kier molecular flexibility index (Phi) is 5.48. The number of amides is 1. The van der Waals surface area contributed by atoms with E-state index in [1.165, 1.54) is 5.56 Å². The molecule has 1 aliphatic carbocycles. The summed E-state index contributed by atoms with van der Waals surface area (Å²) in [5.41, 5.74) is 1.39. The summed E-state index contributed by atoms with van der Waals surface area (Å²) in [7, 11) is 0. The van der Waals surface area contributed by atoms with Gasteiger partial charge in [-0.2, -0.15) is 0 Å². The zero-order valence-electron chi connectivity index (χ0n) is 15.8. The Morgan fingerprint density at radius 3 is 2.44 bits per heavy atom. The molecule has 1 saturated carbocycles. The van der Waals surface area contributed by atoms with Gasteiger partial charge in [-0.25, -0.2) is 0 Å². The summed E-state index contributed by atoms with van der Waals surface area (Å²) in [4.78, 5) is 26.0. The largest absolute Gasteiger partial charge is 0.481 e. The van der Waals surface area contributed by atoms with E-state index >= 15 is 0 Å². The summed E-state index contributed by atoms with van der Waals surface area (Å²) in [5.74, 6) is 0.546. The first-order chi connectivity index (χ1) is 13.1. The number of hydrogen-bond donors (Lipinski definition) is 1. The highest BCUT2D eigenvalue weighted by Gasteiger charge is 2.41. The lowest BCUT2D eigenvalue weighted by molar-refractivity contribution is -0.146. The molecule has 1 aromatic carbocycles. The Labute approximate surface area is 160 Å². The molecule has 5 nitrogen and oxygen atoms in total. The predicted octanol–water partition coefficient (Wildman–Crippen LogP) is 3.30. The summed E-state index contributed by atoms with van der Waals surface area (Å²) >= 11 is 0. The van der Waals surface area contributed by atoms with Gasteiger partial charge in [0.15, 0.2) is 0 Å². The van der Waals surface area contributed by atoms with Crippen LogP contribution in [-0.2, 0) is 14.3 Å². The molecule has 0 spiro atoms. The third-order valence-electron chi connectivity index (χ3n) is 6.78. The number of carbonyl (C=O) groups excluding carboxylic acids is 1. The Hall–Kier alpha value is -1.88. The second-order valence-electron chi connectivity index (χ2n) is 8.44. The van der Waals surface area contributed by atoms with Crippen molar-refractivity contribution in [2.24, 2.45) is 17.8 Å². The number of aliphatic carboxylic acids is 1. The number of piperidine rings is 1. The van der Waals surface area contributed by atoms with Gasteiger partial charge in [0, 0.05) is 26.1 Å². The van der Waals surface area contributed by atoms with E-state index in [-0.39, 0.29) is 23.8 Å². The fourth-order valence-corrected chi connectivity index (χ4v) is 5.09. The maximum atomic E-state index is 12.6. The second kappa shape index (κ2) is 8.01. The van der Waals surface area contributed by atoms with Crippen molar-refractivity contribution in [1.82, 2.24) is 4.90 Å². The molecule has 146 valence electrons. The molecule has 0 aromatic heterocycles. The number of nitrogens with zero attached hydrogens (tertiary/aromatic N) is 1. The van der Waals surface area contributed by atoms with E-state index in [0.29, 0.717) is 31.3 Å². The maximum Gasteiger partial charge on any atom is 0.309 e. The van der Waals surface area contributed by atoms with Crippen molar-refractivity contribution in [3.05, 3.63) is 35.9 Å². The predicted molar refractivity (Wildman–Crippen MR) is 101 cm³/mol. The van der Waals surface area contributed by atoms with Gasteiger partial charge < -0.3 is 14.7 Å². The molecule has 3 aliphatic rings. The highest BCUT2D eigenvalue weighted by Crippen LogP contribution is 2.43. The van der Waals surface area contributed by atoms with E-state index in [1.807, 2.05) is 11.0 Å². The molecular formula is C22H29NO4. The van der Waals surface area contributed by atoms with Crippen LogP contribution in [0.3, 0.4) is 0 Å². The van der Waals surface area contributed by atoms with E-state index < -0.39 is 5.97 Å². The average Bonchev–Trinajstić information content (AvgIpc) is 3.15. The molecule has 1 unspecified atom stereocenters. The fraction of sp³-hybridized carbons (Fsp3) is 0.636. The van der Waals surface area contributed by atoms with Gasteiger partial charge in [0.2, 0.25) is 5.91 Å². The van der Waals surface area contributed by atoms with Gasteiger partial charge in [-0.1, -0.05) is 30.3 Å². The first-order valence-electron chi connectivity index (χ1n) is 10.3. The lowest BCUT2D eigenvalue weighted by Gasteiger charge is -2.39. The molecule has 2 saturated heterocycles. The fourth-order valence-electron chi connectivity index (χ4n) is 5.09. The number of hydrogen-bond acceptors (Lipinski definition) is 3.